The third-order valence-corrected chi connectivity index (χ3v) is 2.75. The summed E-state index contributed by atoms with van der Waals surface area (Å²) in [6.45, 7) is 4.14. The summed E-state index contributed by atoms with van der Waals surface area (Å²) in [7, 11) is 1.41. The smallest absolute Gasteiger partial charge is 0.305 e. The zero-order chi connectivity index (χ0) is 15.2. The van der Waals surface area contributed by atoms with Crippen LogP contribution in [0.3, 0.4) is 0 Å². The van der Waals surface area contributed by atoms with E-state index in [2.05, 4.69) is 42.4 Å². The maximum absolute atomic E-state index is 10.9. The number of carbonyl (C=O) groups is 1. The number of carbonyl (C=O) groups excluding carboxylic acids is 1. The molecule has 0 saturated heterocycles. The Kier molecular flexibility index (Phi) is 11.0. The zero-order valence-corrected chi connectivity index (χ0v) is 12.7. The van der Waals surface area contributed by atoms with E-state index in [0.29, 0.717) is 12.3 Å². The fourth-order valence-corrected chi connectivity index (χ4v) is 1.53. The van der Waals surface area contributed by atoms with Gasteiger partial charge in [-0.3, -0.25) is 4.79 Å². The lowest BCUT2D eigenvalue weighted by Gasteiger charge is -2.02. The maximum atomic E-state index is 10.9. The van der Waals surface area contributed by atoms with Gasteiger partial charge in [0.1, 0.15) is 0 Å². The highest BCUT2D eigenvalue weighted by Gasteiger charge is 2.02. The molecule has 0 aromatic carbocycles. The predicted octanol–water partition coefficient (Wildman–Crippen LogP) is 3.74. The quantitative estimate of drug-likeness (QED) is 0.401. The molecule has 0 N–H and O–H groups in total. The van der Waals surface area contributed by atoms with Crippen LogP contribution >= 0.6 is 0 Å². The Morgan fingerprint density at radius 2 is 2.10 bits per heavy atom. The standard InChI is InChI=1S/C18H24O2/c1-5-11-16(2)12-8-6-7-9-13-17(3)14-10-15-18(19)20-4/h1,6-8,12,16-17H,10-11,14-15H2,2-4H3/b7-6+,12-8+/t16-,17-/m1/s1. The average molecular weight is 272 g/mol. The van der Waals surface area contributed by atoms with Gasteiger partial charge in [-0.15, -0.1) is 12.3 Å². The fourth-order valence-electron chi connectivity index (χ4n) is 1.53. The topological polar surface area (TPSA) is 26.3 Å². The third kappa shape index (κ3) is 11.2. The Labute approximate surface area is 123 Å². The van der Waals surface area contributed by atoms with Gasteiger partial charge < -0.3 is 4.74 Å². The molecule has 0 radical (unpaired) electrons. The first-order valence-electron chi connectivity index (χ1n) is 6.94. The van der Waals surface area contributed by atoms with Crippen LogP contribution in [0, 0.1) is 36.0 Å². The first-order valence-corrected chi connectivity index (χ1v) is 6.94. The van der Waals surface area contributed by atoms with Crippen molar-refractivity contribution in [3.05, 3.63) is 24.3 Å². The first kappa shape index (κ1) is 18.1. The molecular formula is C18H24O2. The van der Waals surface area contributed by atoms with Gasteiger partial charge in [0.15, 0.2) is 0 Å². The molecule has 0 aliphatic carbocycles. The second-order valence-electron chi connectivity index (χ2n) is 4.79. The van der Waals surface area contributed by atoms with Gasteiger partial charge in [0, 0.05) is 18.8 Å². The second kappa shape index (κ2) is 12.1. The van der Waals surface area contributed by atoms with E-state index in [4.69, 9.17) is 6.42 Å². The number of allylic oxidation sites excluding steroid dienone is 4. The average Bonchev–Trinajstić information content (AvgIpc) is 2.42. The number of hydrogen-bond donors (Lipinski definition) is 0. The molecule has 0 aromatic rings. The van der Waals surface area contributed by atoms with E-state index < -0.39 is 0 Å². The molecule has 0 rings (SSSR count). The van der Waals surface area contributed by atoms with Crippen molar-refractivity contribution >= 4 is 5.97 Å². The molecule has 0 aliphatic heterocycles. The Bertz CT molecular complexity index is 427. The second-order valence-corrected chi connectivity index (χ2v) is 4.79. The monoisotopic (exact) mass is 272 g/mol. The molecule has 0 amide bonds. The van der Waals surface area contributed by atoms with Crippen molar-refractivity contribution in [2.45, 2.75) is 39.5 Å². The molecule has 0 saturated carbocycles. The number of terminal acetylenes is 1. The van der Waals surface area contributed by atoms with Gasteiger partial charge in [-0.2, -0.15) is 0 Å². The van der Waals surface area contributed by atoms with Gasteiger partial charge in [-0.05, 0) is 24.8 Å². The van der Waals surface area contributed by atoms with E-state index >= 15 is 0 Å². The van der Waals surface area contributed by atoms with E-state index in [-0.39, 0.29) is 11.9 Å². The van der Waals surface area contributed by atoms with Crippen molar-refractivity contribution in [1.82, 2.24) is 0 Å². The zero-order valence-electron chi connectivity index (χ0n) is 12.7. The molecule has 2 heteroatoms. The van der Waals surface area contributed by atoms with Crippen LogP contribution in [-0.2, 0) is 9.53 Å². The fraction of sp³-hybridized carbons (Fsp3) is 0.500. The van der Waals surface area contributed by atoms with Gasteiger partial charge >= 0.3 is 5.97 Å². The van der Waals surface area contributed by atoms with Crippen LogP contribution in [0.4, 0.5) is 0 Å². The van der Waals surface area contributed by atoms with Crippen LogP contribution in [0.2, 0.25) is 0 Å². The third-order valence-electron chi connectivity index (χ3n) is 2.75. The molecule has 108 valence electrons. The van der Waals surface area contributed by atoms with Crippen LogP contribution in [-0.4, -0.2) is 13.1 Å². The summed E-state index contributed by atoms with van der Waals surface area (Å²) >= 11 is 0. The Morgan fingerprint density at radius 3 is 2.75 bits per heavy atom. The van der Waals surface area contributed by atoms with Crippen molar-refractivity contribution in [3.63, 3.8) is 0 Å². The summed E-state index contributed by atoms with van der Waals surface area (Å²) in [4.78, 5) is 10.9. The van der Waals surface area contributed by atoms with E-state index in [0.717, 1.165) is 19.3 Å². The molecule has 0 aromatic heterocycles. The summed E-state index contributed by atoms with van der Waals surface area (Å²) < 4.78 is 4.59. The lowest BCUT2D eigenvalue weighted by Crippen LogP contribution is -2.01. The highest BCUT2D eigenvalue weighted by Crippen LogP contribution is 2.07. The number of hydrogen-bond acceptors (Lipinski definition) is 2. The number of rotatable bonds is 7. The predicted molar refractivity (Wildman–Crippen MR) is 83.7 cm³/mol. The Balaban J connectivity index is 3.90. The number of ether oxygens (including phenoxy) is 1. The van der Waals surface area contributed by atoms with Crippen LogP contribution < -0.4 is 0 Å². The molecule has 0 spiro atoms. The molecule has 0 aliphatic rings. The first-order chi connectivity index (χ1) is 9.60. The van der Waals surface area contributed by atoms with Crippen LogP contribution in [0.25, 0.3) is 0 Å². The van der Waals surface area contributed by atoms with E-state index in [9.17, 15) is 4.79 Å². The van der Waals surface area contributed by atoms with Gasteiger partial charge in [-0.25, -0.2) is 0 Å². The molecule has 0 unspecified atom stereocenters. The highest BCUT2D eigenvalue weighted by molar-refractivity contribution is 5.68. The molecule has 0 fully saturated rings. The van der Waals surface area contributed by atoms with Crippen LogP contribution in [0.5, 0.6) is 0 Å². The van der Waals surface area contributed by atoms with Crippen molar-refractivity contribution in [2.24, 2.45) is 11.8 Å². The van der Waals surface area contributed by atoms with Gasteiger partial charge in [0.2, 0.25) is 0 Å². The lowest BCUT2D eigenvalue weighted by atomic mass is 10.0. The molecule has 2 atom stereocenters. The molecular weight excluding hydrogens is 248 g/mol. The van der Waals surface area contributed by atoms with E-state index in [1.807, 2.05) is 18.2 Å². The summed E-state index contributed by atoms with van der Waals surface area (Å²) in [5.41, 5.74) is 0. The molecule has 0 bridgehead atoms. The summed E-state index contributed by atoms with van der Waals surface area (Å²) in [6, 6.07) is 0. The van der Waals surface area contributed by atoms with Crippen molar-refractivity contribution in [2.75, 3.05) is 7.11 Å². The highest BCUT2D eigenvalue weighted by atomic mass is 16.5. The van der Waals surface area contributed by atoms with Crippen molar-refractivity contribution < 1.29 is 9.53 Å². The van der Waals surface area contributed by atoms with Crippen LogP contribution in [0.1, 0.15) is 39.5 Å². The molecule has 20 heavy (non-hydrogen) atoms. The van der Waals surface area contributed by atoms with E-state index in [1.54, 1.807) is 0 Å². The minimum Gasteiger partial charge on any atom is -0.469 e. The lowest BCUT2D eigenvalue weighted by molar-refractivity contribution is -0.140. The number of esters is 1. The van der Waals surface area contributed by atoms with Crippen molar-refractivity contribution in [1.29, 1.82) is 0 Å². The Hall–Kier alpha value is -1.93. The van der Waals surface area contributed by atoms with Gasteiger partial charge in [-0.1, -0.05) is 43.9 Å². The minimum atomic E-state index is -0.156. The van der Waals surface area contributed by atoms with Crippen LogP contribution in [0.15, 0.2) is 24.3 Å². The summed E-state index contributed by atoms with van der Waals surface area (Å²) in [5.74, 6) is 9.29. The van der Waals surface area contributed by atoms with Gasteiger partial charge in [0.25, 0.3) is 0 Å². The minimum absolute atomic E-state index is 0.156. The number of methoxy groups -OCH3 is 1. The van der Waals surface area contributed by atoms with Gasteiger partial charge in [0.05, 0.1) is 7.11 Å². The largest absolute Gasteiger partial charge is 0.469 e. The maximum Gasteiger partial charge on any atom is 0.305 e. The normalized spacial score (nSPS) is 13.5. The van der Waals surface area contributed by atoms with Crippen molar-refractivity contribution in [3.8, 4) is 24.2 Å². The molecule has 0 heterocycles. The SMILES string of the molecule is C#CC[C@@H](C)/C=C/C=C/C#C[C@@H](C)CCCC(=O)OC. The Morgan fingerprint density at radius 1 is 1.35 bits per heavy atom. The molecule has 2 nitrogen and oxygen atoms in total. The van der Waals surface area contributed by atoms with E-state index in [1.165, 1.54) is 7.11 Å². The summed E-state index contributed by atoms with van der Waals surface area (Å²) in [6.07, 6.45) is 16.0. The summed E-state index contributed by atoms with van der Waals surface area (Å²) in [5, 5.41) is 0.